The molecule has 3 rings (SSSR count). The van der Waals surface area contributed by atoms with Crippen molar-refractivity contribution in [1.29, 1.82) is 0 Å². The zero-order valence-corrected chi connectivity index (χ0v) is 11.9. The third kappa shape index (κ3) is 2.69. The minimum atomic E-state index is -0.940. The molecule has 1 N–H and O–H groups in total. The summed E-state index contributed by atoms with van der Waals surface area (Å²) in [6.07, 6.45) is 3.58. The van der Waals surface area contributed by atoms with Crippen LogP contribution in [0.25, 0.3) is 16.8 Å². The van der Waals surface area contributed by atoms with Crippen LogP contribution in [0.5, 0.6) is 5.75 Å². The first-order valence-electron chi connectivity index (χ1n) is 6.70. The second-order valence-electron chi connectivity index (χ2n) is 4.76. The highest BCUT2D eigenvalue weighted by Gasteiger charge is 2.07. The van der Waals surface area contributed by atoms with Gasteiger partial charge in [0, 0.05) is 11.8 Å². The summed E-state index contributed by atoms with van der Waals surface area (Å²) in [6.45, 7) is 0. The zero-order valence-electron chi connectivity index (χ0n) is 11.9. The molecular weight excluding hydrogens is 280 g/mol. The van der Waals surface area contributed by atoms with Gasteiger partial charge in [-0.25, -0.2) is 9.48 Å². The number of aromatic carboxylic acids is 1. The van der Waals surface area contributed by atoms with Crippen LogP contribution in [0.15, 0.2) is 60.9 Å². The highest BCUT2D eigenvalue weighted by atomic mass is 16.5. The predicted molar refractivity (Wildman–Crippen MR) is 82.5 cm³/mol. The van der Waals surface area contributed by atoms with E-state index in [1.165, 1.54) is 0 Å². The molecule has 22 heavy (non-hydrogen) atoms. The van der Waals surface area contributed by atoms with Gasteiger partial charge in [0.05, 0.1) is 24.6 Å². The third-order valence-corrected chi connectivity index (χ3v) is 3.36. The highest BCUT2D eigenvalue weighted by Crippen LogP contribution is 2.22. The maximum absolute atomic E-state index is 11.0. The van der Waals surface area contributed by atoms with Crippen LogP contribution < -0.4 is 4.74 Å². The first-order chi connectivity index (χ1) is 10.7. The van der Waals surface area contributed by atoms with Gasteiger partial charge in [0.2, 0.25) is 0 Å². The largest absolute Gasteiger partial charge is 0.497 e. The zero-order chi connectivity index (χ0) is 15.5. The number of carboxylic acid groups (broad SMARTS) is 1. The Morgan fingerprint density at radius 3 is 2.59 bits per heavy atom. The Morgan fingerprint density at radius 1 is 1.14 bits per heavy atom. The Kier molecular flexibility index (Phi) is 3.62. The van der Waals surface area contributed by atoms with Gasteiger partial charge in [-0.2, -0.15) is 5.10 Å². The molecule has 0 saturated carbocycles. The van der Waals surface area contributed by atoms with Crippen molar-refractivity contribution in [3.05, 3.63) is 66.5 Å². The fourth-order valence-corrected chi connectivity index (χ4v) is 2.18. The van der Waals surface area contributed by atoms with Crippen LogP contribution in [0.3, 0.4) is 0 Å². The lowest BCUT2D eigenvalue weighted by atomic mass is 10.1. The number of aromatic nitrogens is 2. The van der Waals surface area contributed by atoms with E-state index in [1.54, 1.807) is 36.2 Å². The molecule has 110 valence electrons. The molecule has 0 aliphatic rings. The molecule has 1 heterocycles. The van der Waals surface area contributed by atoms with Crippen molar-refractivity contribution in [2.24, 2.45) is 0 Å². The van der Waals surface area contributed by atoms with Crippen molar-refractivity contribution >= 4 is 5.97 Å². The molecule has 0 amide bonds. The number of carboxylic acids is 1. The lowest BCUT2D eigenvalue weighted by Gasteiger charge is -2.03. The Bertz CT molecular complexity index is 807. The van der Waals surface area contributed by atoms with Crippen LogP contribution in [0.1, 0.15) is 10.4 Å². The van der Waals surface area contributed by atoms with Gasteiger partial charge < -0.3 is 9.84 Å². The van der Waals surface area contributed by atoms with Crippen molar-refractivity contribution < 1.29 is 14.6 Å². The molecule has 0 saturated heterocycles. The molecule has 2 aromatic carbocycles. The van der Waals surface area contributed by atoms with Crippen molar-refractivity contribution in [3.8, 4) is 22.6 Å². The maximum Gasteiger partial charge on any atom is 0.335 e. The predicted octanol–water partition coefficient (Wildman–Crippen LogP) is 3.25. The molecule has 0 spiro atoms. The van der Waals surface area contributed by atoms with Gasteiger partial charge in [0.15, 0.2) is 0 Å². The van der Waals surface area contributed by atoms with E-state index in [0.717, 1.165) is 22.6 Å². The Hall–Kier alpha value is -3.08. The number of methoxy groups -OCH3 is 1. The number of rotatable bonds is 4. The van der Waals surface area contributed by atoms with Crippen molar-refractivity contribution in [1.82, 2.24) is 9.78 Å². The maximum atomic E-state index is 11.0. The van der Waals surface area contributed by atoms with Crippen molar-refractivity contribution in [3.63, 3.8) is 0 Å². The summed E-state index contributed by atoms with van der Waals surface area (Å²) < 4.78 is 6.87. The highest BCUT2D eigenvalue weighted by molar-refractivity contribution is 5.89. The summed E-state index contributed by atoms with van der Waals surface area (Å²) in [5.74, 6) is -0.158. The molecule has 1 aromatic heterocycles. The first-order valence-corrected chi connectivity index (χ1v) is 6.70. The van der Waals surface area contributed by atoms with E-state index in [9.17, 15) is 4.79 Å². The molecule has 0 unspecified atom stereocenters. The SMILES string of the molecule is COc1ccc(-n2cc(-c3cccc(C(=O)O)c3)cn2)cc1. The normalized spacial score (nSPS) is 10.4. The van der Waals surface area contributed by atoms with Gasteiger partial charge in [-0.1, -0.05) is 12.1 Å². The van der Waals surface area contributed by atoms with Crippen LogP contribution in [0, 0.1) is 0 Å². The van der Waals surface area contributed by atoms with Gasteiger partial charge in [0.1, 0.15) is 5.75 Å². The van der Waals surface area contributed by atoms with Gasteiger partial charge in [-0.3, -0.25) is 0 Å². The molecule has 5 nitrogen and oxygen atoms in total. The topological polar surface area (TPSA) is 64.3 Å². The second-order valence-corrected chi connectivity index (χ2v) is 4.76. The molecule has 3 aromatic rings. The van der Waals surface area contributed by atoms with E-state index in [4.69, 9.17) is 9.84 Å². The molecular formula is C17H14N2O3. The monoisotopic (exact) mass is 294 g/mol. The van der Waals surface area contributed by atoms with Crippen molar-refractivity contribution in [2.75, 3.05) is 7.11 Å². The molecule has 0 aliphatic carbocycles. The summed E-state index contributed by atoms with van der Waals surface area (Å²) in [6, 6.07) is 14.3. The second kappa shape index (κ2) is 5.73. The average molecular weight is 294 g/mol. The number of hydrogen-bond donors (Lipinski definition) is 1. The van der Waals surface area contributed by atoms with Gasteiger partial charge in [0.25, 0.3) is 0 Å². The van der Waals surface area contributed by atoms with Gasteiger partial charge >= 0.3 is 5.97 Å². The van der Waals surface area contributed by atoms with Crippen LogP contribution >= 0.6 is 0 Å². The van der Waals surface area contributed by atoms with E-state index >= 15 is 0 Å². The smallest absolute Gasteiger partial charge is 0.335 e. The Balaban J connectivity index is 1.93. The van der Waals surface area contributed by atoms with Gasteiger partial charge in [-0.15, -0.1) is 0 Å². The molecule has 0 atom stereocenters. The lowest BCUT2D eigenvalue weighted by Crippen LogP contribution is -1.95. The van der Waals surface area contributed by atoms with Crippen LogP contribution in [-0.2, 0) is 0 Å². The minimum Gasteiger partial charge on any atom is -0.497 e. The molecule has 0 radical (unpaired) electrons. The summed E-state index contributed by atoms with van der Waals surface area (Å²) >= 11 is 0. The summed E-state index contributed by atoms with van der Waals surface area (Å²) in [4.78, 5) is 11.0. The van der Waals surface area contributed by atoms with Crippen LogP contribution in [0.2, 0.25) is 0 Å². The van der Waals surface area contributed by atoms with E-state index in [2.05, 4.69) is 5.10 Å². The quantitative estimate of drug-likeness (QED) is 0.802. The molecule has 0 aliphatic heterocycles. The lowest BCUT2D eigenvalue weighted by molar-refractivity contribution is 0.0697. The summed E-state index contributed by atoms with van der Waals surface area (Å²) in [5, 5.41) is 13.4. The number of hydrogen-bond acceptors (Lipinski definition) is 3. The number of benzene rings is 2. The number of ether oxygens (including phenoxy) is 1. The van der Waals surface area contributed by atoms with E-state index in [1.807, 2.05) is 36.5 Å². The average Bonchev–Trinajstić information content (AvgIpc) is 3.05. The molecule has 5 heteroatoms. The summed E-state index contributed by atoms with van der Waals surface area (Å²) in [5.41, 5.74) is 2.84. The standard InChI is InChI=1S/C17H14N2O3/c1-22-16-7-5-15(6-8-16)19-11-14(10-18-19)12-3-2-4-13(9-12)17(20)21/h2-11H,1H3,(H,20,21). The molecule has 0 bridgehead atoms. The van der Waals surface area contributed by atoms with Gasteiger partial charge in [-0.05, 0) is 42.0 Å². The first kappa shape index (κ1) is 13.9. The Labute approximate surface area is 127 Å². The third-order valence-electron chi connectivity index (χ3n) is 3.36. The summed E-state index contributed by atoms with van der Waals surface area (Å²) in [7, 11) is 1.62. The number of carbonyl (C=O) groups is 1. The van der Waals surface area contributed by atoms with Crippen LogP contribution in [0.4, 0.5) is 0 Å². The van der Waals surface area contributed by atoms with Crippen LogP contribution in [-0.4, -0.2) is 28.0 Å². The van der Waals surface area contributed by atoms with Crippen molar-refractivity contribution in [2.45, 2.75) is 0 Å². The fraction of sp³-hybridized carbons (Fsp3) is 0.0588. The molecule has 0 fully saturated rings. The minimum absolute atomic E-state index is 0.259. The van der Waals surface area contributed by atoms with E-state index in [0.29, 0.717) is 0 Å². The fourth-order valence-electron chi connectivity index (χ4n) is 2.18. The van der Waals surface area contributed by atoms with E-state index in [-0.39, 0.29) is 5.56 Å². The van der Waals surface area contributed by atoms with E-state index < -0.39 is 5.97 Å². The Morgan fingerprint density at radius 2 is 1.91 bits per heavy atom. The number of nitrogens with zero attached hydrogens (tertiary/aromatic N) is 2.